The van der Waals surface area contributed by atoms with Crippen LogP contribution in [-0.2, 0) is 6.54 Å². The molecule has 0 N–H and O–H groups in total. The predicted octanol–water partition coefficient (Wildman–Crippen LogP) is 3.92. The first-order valence-corrected chi connectivity index (χ1v) is 6.38. The van der Waals surface area contributed by atoms with Crippen molar-refractivity contribution in [2.75, 3.05) is 14.1 Å². The normalized spacial score (nSPS) is 11.1. The van der Waals surface area contributed by atoms with Gasteiger partial charge in [0, 0.05) is 16.3 Å². The molecule has 90 valence electrons. The van der Waals surface area contributed by atoms with Crippen LogP contribution in [0.15, 0.2) is 30.3 Å². The van der Waals surface area contributed by atoms with Gasteiger partial charge in [-0.2, -0.15) is 0 Å². The van der Waals surface area contributed by atoms with E-state index < -0.39 is 0 Å². The number of thiophene rings is 1. The topological polar surface area (TPSA) is 3.24 Å². The summed E-state index contributed by atoms with van der Waals surface area (Å²) >= 11 is 1.71. The molecule has 0 radical (unpaired) electrons. The van der Waals surface area contributed by atoms with E-state index in [-0.39, 0.29) is 5.82 Å². The molecule has 0 fully saturated rings. The fraction of sp³-hybridized carbons (Fsp3) is 0.286. The van der Waals surface area contributed by atoms with Gasteiger partial charge in [0.2, 0.25) is 0 Å². The first-order chi connectivity index (χ1) is 8.06. The number of aryl methyl sites for hydroxylation is 1. The van der Waals surface area contributed by atoms with Crippen LogP contribution < -0.4 is 0 Å². The number of hydrogen-bond acceptors (Lipinski definition) is 2. The van der Waals surface area contributed by atoms with Crippen LogP contribution in [0.5, 0.6) is 0 Å². The largest absolute Gasteiger partial charge is 0.305 e. The second kappa shape index (κ2) is 4.98. The molecule has 0 atom stereocenters. The fourth-order valence-electron chi connectivity index (χ4n) is 1.84. The lowest BCUT2D eigenvalue weighted by Gasteiger charge is -2.13. The molecule has 1 aromatic heterocycles. The highest BCUT2D eigenvalue weighted by Crippen LogP contribution is 2.31. The van der Waals surface area contributed by atoms with Gasteiger partial charge in [-0.05, 0) is 56.4 Å². The second-order valence-electron chi connectivity index (χ2n) is 4.45. The van der Waals surface area contributed by atoms with Crippen molar-refractivity contribution >= 4 is 11.3 Å². The van der Waals surface area contributed by atoms with E-state index in [1.807, 2.05) is 20.2 Å². The van der Waals surface area contributed by atoms with Crippen LogP contribution in [0.1, 0.15) is 10.4 Å². The second-order valence-corrected chi connectivity index (χ2v) is 5.74. The van der Waals surface area contributed by atoms with Crippen LogP contribution in [0, 0.1) is 12.7 Å². The van der Waals surface area contributed by atoms with E-state index in [0.717, 1.165) is 17.0 Å². The predicted molar refractivity (Wildman–Crippen MR) is 71.8 cm³/mol. The lowest BCUT2D eigenvalue weighted by Crippen LogP contribution is -2.11. The molecule has 1 aromatic carbocycles. The number of hydrogen-bond donors (Lipinski definition) is 0. The molecule has 0 unspecified atom stereocenters. The zero-order chi connectivity index (χ0) is 12.4. The van der Waals surface area contributed by atoms with Gasteiger partial charge in [0.25, 0.3) is 0 Å². The van der Waals surface area contributed by atoms with Crippen LogP contribution >= 0.6 is 11.3 Å². The van der Waals surface area contributed by atoms with Gasteiger partial charge in [-0.15, -0.1) is 11.3 Å². The molecule has 0 aliphatic carbocycles. The molecule has 17 heavy (non-hydrogen) atoms. The Morgan fingerprint density at radius 2 is 1.94 bits per heavy atom. The first kappa shape index (κ1) is 12.3. The van der Waals surface area contributed by atoms with Gasteiger partial charge in [0.1, 0.15) is 5.82 Å². The molecule has 0 aliphatic heterocycles. The van der Waals surface area contributed by atoms with Gasteiger partial charge in [0.05, 0.1) is 0 Å². The maximum atomic E-state index is 13.4. The van der Waals surface area contributed by atoms with Gasteiger partial charge in [-0.3, -0.25) is 0 Å². The summed E-state index contributed by atoms with van der Waals surface area (Å²) in [4.78, 5) is 4.48. The summed E-state index contributed by atoms with van der Waals surface area (Å²) in [5.41, 5.74) is 2.18. The Labute approximate surface area is 106 Å². The quantitative estimate of drug-likeness (QED) is 0.797. The van der Waals surface area contributed by atoms with Crippen LogP contribution in [0.3, 0.4) is 0 Å². The summed E-state index contributed by atoms with van der Waals surface area (Å²) in [6.45, 7) is 2.89. The Bertz CT molecular complexity index is 517. The maximum Gasteiger partial charge on any atom is 0.123 e. The molecule has 1 nitrogen and oxygen atoms in total. The summed E-state index contributed by atoms with van der Waals surface area (Å²) < 4.78 is 13.4. The maximum absolute atomic E-state index is 13.4. The Hall–Kier alpha value is -1.19. The van der Waals surface area contributed by atoms with Crippen molar-refractivity contribution in [1.82, 2.24) is 4.90 Å². The Morgan fingerprint density at radius 1 is 1.18 bits per heavy atom. The van der Waals surface area contributed by atoms with Crippen molar-refractivity contribution in [1.29, 1.82) is 0 Å². The molecule has 0 saturated carbocycles. The summed E-state index contributed by atoms with van der Waals surface area (Å²) in [7, 11) is 4.04. The SMILES string of the molecule is Cc1ccc(-c2cc(F)ccc2CN(C)C)s1. The first-order valence-electron chi connectivity index (χ1n) is 5.56. The molecule has 0 amide bonds. The van der Waals surface area contributed by atoms with E-state index in [2.05, 4.69) is 24.0 Å². The van der Waals surface area contributed by atoms with E-state index in [0.29, 0.717) is 0 Å². The Kier molecular flexibility index (Phi) is 3.60. The van der Waals surface area contributed by atoms with E-state index in [9.17, 15) is 4.39 Å². The third-order valence-corrected chi connectivity index (χ3v) is 3.60. The summed E-state index contributed by atoms with van der Waals surface area (Å²) in [6.07, 6.45) is 0. The van der Waals surface area contributed by atoms with Crippen molar-refractivity contribution in [2.45, 2.75) is 13.5 Å². The third kappa shape index (κ3) is 2.93. The zero-order valence-electron chi connectivity index (χ0n) is 10.3. The summed E-state index contributed by atoms with van der Waals surface area (Å²) in [6, 6.07) is 9.17. The van der Waals surface area contributed by atoms with Crippen molar-refractivity contribution in [3.63, 3.8) is 0 Å². The van der Waals surface area contributed by atoms with E-state index in [4.69, 9.17) is 0 Å². The van der Waals surface area contributed by atoms with Gasteiger partial charge in [-0.25, -0.2) is 4.39 Å². The van der Waals surface area contributed by atoms with E-state index >= 15 is 0 Å². The van der Waals surface area contributed by atoms with Crippen molar-refractivity contribution in [3.8, 4) is 10.4 Å². The summed E-state index contributed by atoms with van der Waals surface area (Å²) in [5.74, 6) is -0.173. The molecular formula is C14H16FNS. The lowest BCUT2D eigenvalue weighted by atomic mass is 10.1. The van der Waals surface area contributed by atoms with Crippen LogP contribution in [-0.4, -0.2) is 19.0 Å². The van der Waals surface area contributed by atoms with Crippen molar-refractivity contribution in [3.05, 3.63) is 46.6 Å². The summed E-state index contributed by atoms with van der Waals surface area (Å²) in [5, 5.41) is 0. The van der Waals surface area contributed by atoms with E-state index in [1.54, 1.807) is 17.4 Å². The number of benzene rings is 1. The fourth-order valence-corrected chi connectivity index (χ4v) is 2.75. The molecule has 1 heterocycles. The number of halogens is 1. The van der Waals surface area contributed by atoms with Gasteiger partial charge < -0.3 is 4.90 Å². The van der Waals surface area contributed by atoms with Crippen molar-refractivity contribution < 1.29 is 4.39 Å². The molecule has 3 heteroatoms. The average Bonchev–Trinajstić information content (AvgIpc) is 2.67. The third-order valence-electron chi connectivity index (χ3n) is 2.56. The minimum atomic E-state index is -0.173. The molecule has 0 saturated heterocycles. The number of rotatable bonds is 3. The number of nitrogens with zero attached hydrogens (tertiary/aromatic N) is 1. The van der Waals surface area contributed by atoms with Gasteiger partial charge in [0.15, 0.2) is 0 Å². The van der Waals surface area contributed by atoms with Crippen LogP contribution in [0.25, 0.3) is 10.4 Å². The highest BCUT2D eigenvalue weighted by Gasteiger charge is 2.09. The lowest BCUT2D eigenvalue weighted by molar-refractivity contribution is 0.403. The van der Waals surface area contributed by atoms with Gasteiger partial charge >= 0.3 is 0 Å². The minimum absolute atomic E-state index is 0.173. The van der Waals surface area contributed by atoms with E-state index in [1.165, 1.54) is 16.5 Å². The highest BCUT2D eigenvalue weighted by molar-refractivity contribution is 7.15. The molecule has 0 bridgehead atoms. The monoisotopic (exact) mass is 249 g/mol. The molecule has 0 spiro atoms. The average molecular weight is 249 g/mol. The Balaban J connectivity index is 2.46. The van der Waals surface area contributed by atoms with Gasteiger partial charge in [-0.1, -0.05) is 6.07 Å². The molecule has 2 rings (SSSR count). The van der Waals surface area contributed by atoms with Crippen molar-refractivity contribution in [2.24, 2.45) is 0 Å². The minimum Gasteiger partial charge on any atom is -0.305 e. The molecular weight excluding hydrogens is 233 g/mol. The standard InChI is InChI=1S/C14H16FNS/c1-10-4-7-14(17-10)13-8-12(15)6-5-11(13)9-16(2)3/h4-8H,9H2,1-3H3. The highest BCUT2D eigenvalue weighted by atomic mass is 32.1. The zero-order valence-corrected chi connectivity index (χ0v) is 11.1. The van der Waals surface area contributed by atoms with Crippen LogP contribution in [0.2, 0.25) is 0 Å². The molecule has 2 aromatic rings. The smallest absolute Gasteiger partial charge is 0.123 e. The Morgan fingerprint density at radius 3 is 2.53 bits per heavy atom. The molecule has 0 aliphatic rings. The van der Waals surface area contributed by atoms with Crippen LogP contribution in [0.4, 0.5) is 4.39 Å².